The summed E-state index contributed by atoms with van der Waals surface area (Å²) >= 11 is 7.26. The van der Waals surface area contributed by atoms with Crippen LogP contribution in [0.3, 0.4) is 0 Å². The predicted octanol–water partition coefficient (Wildman–Crippen LogP) is 2.92. The van der Waals surface area contributed by atoms with Crippen molar-refractivity contribution in [3.05, 3.63) is 53.4 Å². The molecule has 1 heterocycles. The topological polar surface area (TPSA) is 85.6 Å². The Hall–Kier alpha value is -2.25. The van der Waals surface area contributed by atoms with Crippen LogP contribution in [-0.4, -0.2) is 30.1 Å². The molecule has 0 spiro atoms. The monoisotopic (exact) mass is 367 g/mol. The maximum absolute atomic E-state index is 11.6. The SMILES string of the molecule is O=C(COC(=O)CCSc1ccc(Cl)cc1)NC(=O)c1ccco1. The molecule has 1 aromatic heterocycles. The number of rotatable bonds is 7. The molecule has 0 aliphatic carbocycles. The van der Waals surface area contributed by atoms with Gasteiger partial charge in [0.1, 0.15) is 0 Å². The van der Waals surface area contributed by atoms with Gasteiger partial charge in [0.25, 0.3) is 11.8 Å². The Morgan fingerprint density at radius 2 is 1.92 bits per heavy atom. The lowest BCUT2D eigenvalue weighted by atomic mass is 10.4. The number of amides is 2. The molecule has 1 aromatic carbocycles. The smallest absolute Gasteiger partial charge is 0.307 e. The first-order valence-electron chi connectivity index (χ1n) is 6.96. The number of hydrogen-bond acceptors (Lipinski definition) is 6. The van der Waals surface area contributed by atoms with E-state index in [4.69, 9.17) is 20.8 Å². The van der Waals surface area contributed by atoms with E-state index < -0.39 is 24.4 Å². The van der Waals surface area contributed by atoms with Crippen LogP contribution in [0.5, 0.6) is 0 Å². The molecule has 1 N–H and O–H groups in total. The molecule has 0 unspecified atom stereocenters. The summed E-state index contributed by atoms with van der Waals surface area (Å²) in [5, 5.41) is 2.71. The lowest BCUT2D eigenvalue weighted by Crippen LogP contribution is -2.34. The average Bonchev–Trinajstić information content (AvgIpc) is 3.09. The summed E-state index contributed by atoms with van der Waals surface area (Å²) in [6, 6.07) is 10.2. The second kappa shape index (κ2) is 9.14. The van der Waals surface area contributed by atoms with Crippen LogP contribution < -0.4 is 5.32 Å². The van der Waals surface area contributed by atoms with Crippen molar-refractivity contribution in [2.75, 3.05) is 12.4 Å². The predicted molar refractivity (Wildman–Crippen MR) is 88.9 cm³/mol. The third-order valence-electron chi connectivity index (χ3n) is 2.75. The highest BCUT2D eigenvalue weighted by molar-refractivity contribution is 7.99. The zero-order valence-corrected chi connectivity index (χ0v) is 14.1. The molecule has 0 fully saturated rings. The second-order valence-corrected chi connectivity index (χ2v) is 6.17. The van der Waals surface area contributed by atoms with Gasteiger partial charge in [-0.3, -0.25) is 19.7 Å². The van der Waals surface area contributed by atoms with E-state index in [0.29, 0.717) is 10.8 Å². The van der Waals surface area contributed by atoms with E-state index in [-0.39, 0.29) is 12.2 Å². The highest BCUT2D eigenvalue weighted by Gasteiger charge is 2.14. The van der Waals surface area contributed by atoms with E-state index in [1.165, 1.54) is 30.2 Å². The van der Waals surface area contributed by atoms with Crippen molar-refractivity contribution in [2.45, 2.75) is 11.3 Å². The summed E-state index contributed by atoms with van der Waals surface area (Å²) in [4.78, 5) is 35.6. The first-order valence-corrected chi connectivity index (χ1v) is 8.32. The van der Waals surface area contributed by atoms with E-state index in [9.17, 15) is 14.4 Å². The van der Waals surface area contributed by atoms with Crippen LogP contribution in [0.15, 0.2) is 52.0 Å². The summed E-state index contributed by atoms with van der Waals surface area (Å²) in [6.07, 6.45) is 1.46. The summed E-state index contributed by atoms with van der Waals surface area (Å²) < 4.78 is 9.65. The fourth-order valence-corrected chi connectivity index (χ4v) is 2.59. The molecule has 24 heavy (non-hydrogen) atoms. The highest BCUT2D eigenvalue weighted by atomic mass is 35.5. The zero-order valence-electron chi connectivity index (χ0n) is 12.5. The van der Waals surface area contributed by atoms with Gasteiger partial charge in [-0.2, -0.15) is 0 Å². The molecule has 0 atom stereocenters. The van der Waals surface area contributed by atoms with Gasteiger partial charge in [-0.25, -0.2) is 0 Å². The third kappa shape index (κ3) is 6.10. The van der Waals surface area contributed by atoms with Crippen LogP contribution in [0.1, 0.15) is 17.0 Å². The fraction of sp³-hybridized carbons (Fsp3) is 0.188. The number of carbonyl (C=O) groups excluding carboxylic acids is 3. The number of hydrogen-bond donors (Lipinski definition) is 1. The number of carbonyl (C=O) groups is 3. The minimum atomic E-state index is -0.713. The maximum Gasteiger partial charge on any atom is 0.307 e. The first-order chi connectivity index (χ1) is 11.5. The molecule has 0 saturated carbocycles. The van der Waals surface area contributed by atoms with E-state index in [1.807, 2.05) is 12.1 Å². The molecule has 0 aliphatic rings. The van der Waals surface area contributed by atoms with Gasteiger partial charge in [0.2, 0.25) is 0 Å². The summed E-state index contributed by atoms with van der Waals surface area (Å²) in [6.45, 7) is -0.517. The van der Waals surface area contributed by atoms with Gasteiger partial charge in [0.05, 0.1) is 12.7 Å². The molecule has 2 aromatic rings. The minimum absolute atomic E-state index is 0.00837. The Morgan fingerprint density at radius 3 is 2.58 bits per heavy atom. The number of esters is 1. The fourth-order valence-electron chi connectivity index (χ4n) is 1.63. The van der Waals surface area contributed by atoms with Gasteiger partial charge in [-0.05, 0) is 36.4 Å². The lowest BCUT2D eigenvalue weighted by molar-refractivity contribution is -0.147. The van der Waals surface area contributed by atoms with Crippen LogP contribution in [0.25, 0.3) is 0 Å². The molecule has 2 rings (SSSR count). The van der Waals surface area contributed by atoms with Gasteiger partial charge >= 0.3 is 5.97 Å². The quantitative estimate of drug-likeness (QED) is 0.598. The number of thioether (sulfide) groups is 1. The zero-order chi connectivity index (χ0) is 17.4. The van der Waals surface area contributed by atoms with Crippen molar-refractivity contribution in [2.24, 2.45) is 0 Å². The Labute approximate surface area is 147 Å². The van der Waals surface area contributed by atoms with Gasteiger partial charge in [0, 0.05) is 15.7 Å². The molecule has 8 heteroatoms. The summed E-state index contributed by atoms with van der Waals surface area (Å²) in [5.41, 5.74) is 0. The molecule has 126 valence electrons. The van der Waals surface area contributed by atoms with Gasteiger partial charge in [-0.15, -0.1) is 11.8 Å². The van der Waals surface area contributed by atoms with Crippen molar-refractivity contribution in [1.29, 1.82) is 0 Å². The molecule has 0 radical (unpaired) electrons. The Balaban J connectivity index is 1.63. The Kier molecular flexibility index (Phi) is 6.89. The molecular weight excluding hydrogens is 354 g/mol. The standard InChI is InChI=1S/C16H14ClNO5S/c17-11-3-5-12(6-4-11)24-9-7-15(20)23-10-14(19)18-16(21)13-2-1-8-22-13/h1-6,8H,7,9-10H2,(H,18,19,21). The molecule has 0 bridgehead atoms. The van der Waals surface area contributed by atoms with Crippen molar-refractivity contribution in [3.63, 3.8) is 0 Å². The van der Waals surface area contributed by atoms with E-state index in [2.05, 4.69) is 5.32 Å². The maximum atomic E-state index is 11.6. The van der Waals surface area contributed by atoms with Gasteiger partial charge < -0.3 is 9.15 Å². The van der Waals surface area contributed by atoms with E-state index in [0.717, 1.165) is 4.90 Å². The largest absolute Gasteiger partial charge is 0.459 e. The number of furan rings is 1. The molecule has 0 aliphatic heterocycles. The number of imide groups is 1. The van der Waals surface area contributed by atoms with E-state index in [1.54, 1.807) is 12.1 Å². The van der Waals surface area contributed by atoms with Crippen molar-refractivity contribution < 1.29 is 23.5 Å². The summed E-state index contributed by atoms with van der Waals surface area (Å²) in [5.74, 6) is -1.39. The Bertz CT molecular complexity index is 700. The van der Waals surface area contributed by atoms with Crippen LogP contribution in [0.4, 0.5) is 0 Å². The summed E-state index contributed by atoms with van der Waals surface area (Å²) in [7, 11) is 0. The van der Waals surface area contributed by atoms with Crippen molar-refractivity contribution in [1.82, 2.24) is 5.32 Å². The van der Waals surface area contributed by atoms with Crippen molar-refractivity contribution >= 4 is 41.1 Å². The number of ether oxygens (including phenoxy) is 1. The first kappa shape index (κ1) is 18.1. The van der Waals surface area contributed by atoms with Gasteiger partial charge in [-0.1, -0.05) is 11.6 Å². The number of nitrogens with one attached hydrogen (secondary N) is 1. The minimum Gasteiger partial charge on any atom is -0.459 e. The van der Waals surface area contributed by atoms with Crippen LogP contribution >= 0.6 is 23.4 Å². The molecular formula is C16H14ClNO5S. The number of halogens is 1. The van der Waals surface area contributed by atoms with Crippen LogP contribution in [0.2, 0.25) is 5.02 Å². The number of benzene rings is 1. The molecule has 6 nitrogen and oxygen atoms in total. The van der Waals surface area contributed by atoms with Gasteiger partial charge in [0.15, 0.2) is 12.4 Å². The average molecular weight is 368 g/mol. The van der Waals surface area contributed by atoms with Crippen molar-refractivity contribution in [3.8, 4) is 0 Å². The normalized spacial score (nSPS) is 10.2. The lowest BCUT2D eigenvalue weighted by Gasteiger charge is -2.05. The molecule has 2 amide bonds. The molecule has 0 saturated heterocycles. The van der Waals surface area contributed by atoms with E-state index >= 15 is 0 Å². The second-order valence-electron chi connectivity index (χ2n) is 4.57. The van der Waals surface area contributed by atoms with Crippen LogP contribution in [0, 0.1) is 0 Å². The Morgan fingerprint density at radius 1 is 1.17 bits per heavy atom. The van der Waals surface area contributed by atoms with Crippen LogP contribution in [-0.2, 0) is 14.3 Å². The highest BCUT2D eigenvalue weighted by Crippen LogP contribution is 2.20. The third-order valence-corrected chi connectivity index (χ3v) is 4.02.